The van der Waals surface area contributed by atoms with Gasteiger partial charge in [0.15, 0.2) is 0 Å². The summed E-state index contributed by atoms with van der Waals surface area (Å²) >= 11 is 0. The molecule has 0 aromatic rings. The molecule has 16 heavy (non-hydrogen) atoms. The first-order chi connectivity index (χ1) is 7.65. The number of hydrogen-bond donors (Lipinski definition) is 1. The lowest BCUT2D eigenvalue weighted by Gasteiger charge is -2.26. The van der Waals surface area contributed by atoms with Crippen LogP contribution in [0.1, 0.15) is 58.8 Å². The van der Waals surface area contributed by atoms with Crippen molar-refractivity contribution in [3.05, 3.63) is 0 Å². The van der Waals surface area contributed by atoms with Crippen LogP contribution in [0, 0.1) is 5.92 Å². The zero-order valence-electron chi connectivity index (χ0n) is 11.8. The van der Waals surface area contributed by atoms with Crippen LogP contribution < -0.4 is 5.73 Å². The minimum Gasteiger partial charge on any atom is -0.330 e. The maximum atomic E-state index is 5.58. The normalized spacial score (nSPS) is 15.4. The third kappa shape index (κ3) is 7.24. The topological polar surface area (TPSA) is 29.3 Å². The fraction of sp³-hybridized carbons (Fsp3) is 1.00. The smallest absolute Gasteiger partial charge is 0.00891 e. The Morgan fingerprint density at radius 2 is 1.69 bits per heavy atom. The SMILES string of the molecule is CCCC(CCC(CC)CCCN)N(C)C. The summed E-state index contributed by atoms with van der Waals surface area (Å²) in [7, 11) is 4.42. The zero-order valence-corrected chi connectivity index (χ0v) is 11.8. The van der Waals surface area contributed by atoms with Crippen LogP contribution in [-0.2, 0) is 0 Å². The minimum absolute atomic E-state index is 0.775. The first kappa shape index (κ1) is 15.9. The standard InChI is InChI=1S/C14H32N2/c1-5-8-14(16(3)4)11-10-13(6-2)9-7-12-15/h13-14H,5-12,15H2,1-4H3. The van der Waals surface area contributed by atoms with Gasteiger partial charge in [-0.2, -0.15) is 0 Å². The van der Waals surface area contributed by atoms with E-state index in [4.69, 9.17) is 5.73 Å². The van der Waals surface area contributed by atoms with Crippen molar-refractivity contribution in [1.82, 2.24) is 4.90 Å². The van der Waals surface area contributed by atoms with Gasteiger partial charge in [0.1, 0.15) is 0 Å². The van der Waals surface area contributed by atoms with Gasteiger partial charge in [-0.05, 0) is 58.7 Å². The monoisotopic (exact) mass is 228 g/mol. The van der Waals surface area contributed by atoms with Crippen LogP contribution >= 0.6 is 0 Å². The first-order valence-corrected chi connectivity index (χ1v) is 7.02. The second-order valence-corrected chi connectivity index (χ2v) is 5.19. The molecule has 2 heteroatoms. The molecule has 0 heterocycles. The minimum atomic E-state index is 0.775. The largest absolute Gasteiger partial charge is 0.330 e. The van der Waals surface area contributed by atoms with Gasteiger partial charge in [-0.15, -0.1) is 0 Å². The molecule has 0 aliphatic rings. The van der Waals surface area contributed by atoms with Crippen molar-refractivity contribution < 1.29 is 0 Å². The summed E-state index contributed by atoms with van der Waals surface area (Å²) in [5.41, 5.74) is 5.58. The van der Waals surface area contributed by atoms with Gasteiger partial charge in [0.05, 0.1) is 0 Å². The van der Waals surface area contributed by atoms with E-state index in [2.05, 4.69) is 32.8 Å². The van der Waals surface area contributed by atoms with E-state index < -0.39 is 0 Å². The Labute approximate surface area is 103 Å². The van der Waals surface area contributed by atoms with Crippen molar-refractivity contribution in [2.75, 3.05) is 20.6 Å². The molecule has 0 bridgehead atoms. The summed E-state index contributed by atoms with van der Waals surface area (Å²) in [6, 6.07) is 0.775. The number of nitrogens with zero attached hydrogens (tertiary/aromatic N) is 1. The lowest BCUT2D eigenvalue weighted by Crippen LogP contribution is -2.28. The fourth-order valence-electron chi connectivity index (χ4n) is 2.38. The average Bonchev–Trinajstić information content (AvgIpc) is 2.27. The molecule has 2 atom stereocenters. The molecule has 2 N–H and O–H groups in total. The van der Waals surface area contributed by atoms with E-state index in [0.717, 1.165) is 18.5 Å². The highest BCUT2D eigenvalue weighted by Gasteiger charge is 2.13. The zero-order chi connectivity index (χ0) is 12.4. The Morgan fingerprint density at radius 3 is 2.12 bits per heavy atom. The van der Waals surface area contributed by atoms with Gasteiger partial charge in [0, 0.05) is 6.04 Å². The molecule has 0 saturated heterocycles. The summed E-state index contributed by atoms with van der Waals surface area (Å²) in [6.07, 6.45) is 9.18. The average molecular weight is 228 g/mol. The number of rotatable bonds is 10. The van der Waals surface area contributed by atoms with Gasteiger partial charge in [-0.1, -0.05) is 26.7 Å². The van der Waals surface area contributed by atoms with Gasteiger partial charge in [0.2, 0.25) is 0 Å². The van der Waals surface area contributed by atoms with Crippen LogP contribution in [0.5, 0.6) is 0 Å². The van der Waals surface area contributed by atoms with Crippen molar-refractivity contribution in [3.63, 3.8) is 0 Å². The van der Waals surface area contributed by atoms with Crippen molar-refractivity contribution in [1.29, 1.82) is 0 Å². The second-order valence-electron chi connectivity index (χ2n) is 5.19. The third-order valence-corrected chi connectivity index (χ3v) is 3.65. The Kier molecular flexibility index (Phi) is 10.0. The van der Waals surface area contributed by atoms with Crippen LogP contribution in [0.4, 0.5) is 0 Å². The van der Waals surface area contributed by atoms with E-state index in [1.54, 1.807) is 0 Å². The van der Waals surface area contributed by atoms with Gasteiger partial charge in [0.25, 0.3) is 0 Å². The van der Waals surface area contributed by atoms with E-state index in [-0.39, 0.29) is 0 Å². The van der Waals surface area contributed by atoms with Crippen LogP contribution in [0.25, 0.3) is 0 Å². The summed E-state index contributed by atoms with van der Waals surface area (Å²) in [5.74, 6) is 0.892. The maximum absolute atomic E-state index is 5.58. The lowest BCUT2D eigenvalue weighted by molar-refractivity contribution is 0.240. The van der Waals surface area contributed by atoms with Crippen molar-refractivity contribution in [2.24, 2.45) is 11.7 Å². The molecular weight excluding hydrogens is 196 g/mol. The number of hydrogen-bond acceptors (Lipinski definition) is 2. The van der Waals surface area contributed by atoms with E-state index in [1.807, 2.05) is 0 Å². The molecule has 0 saturated carbocycles. The van der Waals surface area contributed by atoms with Crippen molar-refractivity contribution >= 4 is 0 Å². The molecule has 2 unspecified atom stereocenters. The van der Waals surface area contributed by atoms with E-state index in [1.165, 1.54) is 44.9 Å². The molecular formula is C14H32N2. The van der Waals surface area contributed by atoms with Gasteiger partial charge >= 0.3 is 0 Å². The highest BCUT2D eigenvalue weighted by Crippen LogP contribution is 2.20. The summed E-state index contributed by atoms with van der Waals surface area (Å²) in [4.78, 5) is 2.39. The fourth-order valence-corrected chi connectivity index (χ4v) is 2.38. The van der Waals surface area contributed by atoms with E-state index in [0.29, 0.717) is 0 Å². The second kappa shape index (κ2) is 10.1. The molecule has 0 spiro atoms. The molecule has 0 aromatic heterocycles. The predicted molar refractivity (Wildman–Crippen MR) is 73.7 cm³/mol. The summed E-state index contributed by atoms with van der Waals surface area (Å²) in [5, 5.41) is 0. The highest BCUT2D eigenvalue weighted by molar-refractivity contribution is 4.68. The summed E-state index contributed by atoms with van der Waals surface area (Å²) < 4.78 is 0. The molecule has 0 fully saturated rings. The van der Waals surface area contributed by atoms with Crippen LogP contribution in [0.3, 0.4) is 0 Å². The molecule has 0 aliphatic heterocycles. The van der Waals surface area contributed by atoms with Gasteiger partial charge < -0.3 is 10.6 Å². The Hall–Kier alpha value is -0.0800. The Morgan fingerprint density at radius 1 is 1.00 bits per heavy atom. The van der Waals surface area contributed by atoms with Gasteiger partial charge in [-0.25, -0.2) is 0 Å². The van der Waals surface area contributed by atoms with Crippen molar-refractivity contribution in [3.8, 4) is 0 Å². The molecule has 0 rings (SSSR count). The Balaban J connectivity index is 3.86. The molecule has 2 nitrogen and oxygen atoms in total. The third-order valence-electron chi connectivity index (χ3n) is 3.65. The predicted octanol–water partition coefficient (Wildman–Crippen LogP) is 3.26. The molecule has 98 valence electrons. The molecule has 0 aromatic carbocycles. The van der Waals surface area contributed by atoms with Crippen LogP contribution in [0.2, 0.25) is 0 Å². The summed E-state index contributed by atoms with van der Waals surface area (Å²) in [6.45, 7) is 5.44. The Bertz CT molecular complexity index is 146. The molecule has 0 radical (unpaired) electrons. The molecule has 0 aliphatic carbocycles. The van der Waals surface area contributed by atoms with Gasteiger partial charge in [-0.3, -0.25) is 0 Å². The van der Waals surface area contributed by atoms with Crippen molar-refractivity contribution in [2.45, 2.75) is 64.8 Å². The highest BCUT2D eigenvalue weighted by atomic mass is 15.1. The van der Waals surface area contributed by atoms with Crippen LogP contribution in [0.15, 0.2) is 0 Å². The first-order valence-electron chi connectivity index (χ1n) is 7.02. The van der Waals surface area contributed by atoms with E-state index in [9.17, 15) is 0 Å². The molecule has 0 amide bonds. The lowest BCUT2D eigenvalue weighted by atomic mass is 9.91. The maximum Gasteiger partial charge on any atom is 0.00891 e. The van der Waals surface area contributed by atoms with Crippen LogP contribution in [-0.4, -0.2) is 31.6 Å². The van der Waals surface area contributed by atoms with E-state index >= 15 is 0 Å². The number of nitrogens with two attached hydrogens (primary N) is 1. The quantitative estimate of drug-likeness (QED) is 0.622.